The Balaban J connectivity index is 1.95. The number of fused-ring (bicyclic) bond motifs is 1. The predicted octanol–water partition coefficient (Wildman–Crippen LogP) is 2.68. The van der Waals surface area contributed by atoms with Crippen LogP contribution in [0.25, 0.3) is 5.52 Å². The van der Waals surface area contributed by atoms with Crippen molar-refractivity contribution in [3.63, 3.8) is 0 Å². The average molecular weight is 272 g/mol. The topological polar surface area (TPSA) is 42.2 Å². The quantitative estimate of drug-likeness (QED) is 0.776. The van der Waals surface area contributed by atoms with Gasteiger partial charge in [-0.2, -0.15) is 16.4 Å². The molecule has 1 atom stereocenters. The number of likely N-dealkylation sites (N-methyl/N-ethyl adjacent to an activating group) is 1. The van der Waals surface area contributed by atoms with Crippen LogP contribution < -0.4 is 5.32 Å². The van der Waals surface area contributed by atoms with E-state index < -0.39 is 0 Å². The second-order valence-corrected chi connectivity index (χ2v) is 5.23. The summed E-state index contributed by atoms with van der Waals surface area (Å²) in [6.07, 6.45) is 8.43. The molecular weight excluding hydrogens is 256 g/mol. The lowest BCUT2D eigenvalue weighted by Gasteiger charge is -2.16. The van der Waals surface area contributed by atoms with E-state index in [1.807, 2.05) is 23.1 Å². The fourth-order valence-electron chi connectivity index (χ4n) is 2.30. The van der Waals surface area contributed by atoms with Crippen LogP contribution in [0.4, 0.5) is 0 Å². The van der Waals surface area contributed by atoms with Crippen LogP contribution in [0.15, 0.2) is 41.6 Å². The first-order valence-electron chi connectivity index (χ1n) is 6.40. The molecule has 1 N–H and O–H groups in total. The van der Waals surface area contributed by atoms with E-state index in [0.29, 0.717) is 0 Å². The summed E-state index contributed by atoms with van der Waals surface area (Å²) >= 11 is 1.74. The number of hydrogen-bond acceptors (Lipinski definition) is 4. The van der Waals surface area contributed by atoms with Crippen molar-refractivity contribution < 1.29 is 0 Å². The maximum atomic E-state index is 4.39. The molecule has 0 aliphatic rings. The smallest absolute Gasteiger partial charge is 0.0892 e. The molecule has 5 heteroatoms. The Kier molecular flexibility index (Phi) is 3.57. The average Bonchev–Trinajstić information content (AvgIpc) is 3.07. The summed E-state index contributed by atoms with van der Waals surface area (Å²) in [5.74, 6) is 0. The van der Waals surface area contributed by atoms with Crippen LogP contribution in [0.1, 0.15) is 24.1 Å². The maximum Gasteiger partial charge on any atom is 0.0892 e. The fourth-order valence-corrected chi connectivity index (χ4v) is 2.99. The number of aromatic nitrogens is 3. The molecule has 3 aromatic rings. The highest BCUT2D eigenvalue weighted by atomic mass is 32.1. The zero-order chi connectivity index (χ0) is 13.1. The molecule has 0 saturated heterocycles. The van der Waals surface area contributed by atoms with Crippen molar-refractivity contribution in [1.82, 2.24) is 19.9 Å². The molecule has 0 spiro atoms. The van der Waals surface area contributed by atoms with Gasteiger partial charge in [-0.3, -0.25) is 4.98 Å². The van der Waals surface area contributed by atoms with Crippen LogP contribution in [-0.2, 0) is 6.42 Å². The lowest BCUT2D eigenvalue weighted by Crippen LogP contribution is -2.22. The zero-order valence-corrected chi connectivity index (χ0v) is 11.6. The van der Waals surface area contributed by atoms with E-state index in [-0.39, 0.29) is 6.04 Å². The van der Waals surface area contributed by atoms with Crippen LogP contribution in [0, 0.1) is 0 Å². The number of nitrogens with zero attached hydrogens (tertiary/aromatic N) is 3. The molecule has 1 unspecified atom stereocenters. The molecule has 4 nitrogen and oxygen atoms in total. The third-order valence-electron chi connectivity index (χ3n) is 3.20. The molecule has 3 aromatic heterocycles. The highest BCUT2D eigenvalue weighted by Crippen LogP contribution is 2.23. The van der Waals surface area contributed by atoms with Crippen LogP contribution in [0.2, 0.25) is 0 Å². The summed E-state index contributed by atoms with van der Waals surface area (Å²) in [5.41, 5.74) is 3.64. The lowest BCUT2D eigenvalue weighted by molar-refractivity contribution is 0.553. The minimum atomic E-state index is 0.279. The molecule has 0 saturated carbocycles. The van der Waals surface area contributed by atoms with Gasteiger partial charge in [-0.1, -0.05) is 6.92 Å². The molecule has 3 heterocycles. The number of rotatable bonds is 5. The van der Waals surface area contributed by atoms with Crippen molar-refractivity contribution >= 4 is 16.9 Å². The van der Waals surface area contributed by atoms with Gasteiger partial charge >= 0.3 is 0 Å². The Labute approximate surface area is 116 Å². The summed E-state index contributed by atoms with van der Waals surface area (Å²) in [4.78, 5) is 4.20. The number of nitrogens with one attached hydrogen (secondary N) is 1. The van der Waals surface area contributed by atoms with Crippen LogP contribution in [0.3, 0.4) is 0 Å². The van der Waals surface area contributed by atoms with E-state index in [2.05, 4.69) is 39.1 Å². The van der Waals surface area contributed by atoms with Crippen molar-refractivity contribution in [2.24, 2.45) is 0 Å². The van der Waals surface area contributed by atoms with Crippen LogP contribution >= 0.6 is 11.3 Å². The minimum Gasteiger partial charge on any atom is -0.310 e. The van der Waals surface area contributed by atoms with Crippen LogP contribution in [-0.4, -0.2) is 21.1 Å². The van der Waals surface area contributed by atoms with Gasteiger partial charge in [0.15, 0.2) is 0 Å². The first-order valence-corrected chi connectivity index (χ1v) is 7.34. The second-order valence-electron chi connectivity index (χ2n) is 4.45. The van der Waals surface area contributed by atoms with Crippen molar-refractivity contribution in [2.75, 3.05) is 6.54 Å². The van der Waals surface area contributed by atoms with Gasteiger partial charge in [-0.05, 0) is 35.4 Å². The van der Waals surface area contributed by atoms with E-state index in [1.165, 1.54) is 11.1 Å². The molecule has 3 rings (SSSR count). The zero-order valence-electron chi connectivity index (χ0n) is 10.8. The Morgan fingerprint density at radius 1 is 1.42 bits per heavy atom. The summed E-state index contributed by atoms with van der Waals surface area (Å²) in [6.45, 7) is 3.07. The first kappa shape index (κ1) is 12.3. The van der Waals surface area contributed by atoms with Gasteiger partial charge in [0.1, 0.15) is 0 Å². The second kappa shape index (κ2) is 5.50. The van der Waals surface area contributed by atoms with Crippen molar-refractivity contribution in [3.8, 4) is 0 Å². The predicted molar refractivity (Wildman–Crippen MR) is 77.4 cm³/mol. The van der Waals surface area contributed by atoms with E-state index in [0.717, 1.165) is 18.5 Å². The summed E-state index contributed by atoms with van der Waals surface area (Å²) < 4.78 is 1.88. The normalized spacial score (nSPS) is 12.9. The van der Waals surface area contributed by atoms with Gasteiger partial charge in [-0.15, -0.1) is 0 Å². The van der Waals surface area contributed by atoms with Gasteiger partial charge in [0.05, 0.1) is 17.9 Å². The molecule has 0 fully saturated rings. The number of thiophene rings is 1. The molecule has 0 aromatic carbocycles. The van der Waals surface area contributed by atoms with Gasteiger partial charge in [-0.25, -0.2) is 4.52 Å². The van der Waals surface area contributed by atoms with Crippen molar-refractivity contribution in [1.29, 1.82) is 0 Å². The minimum absolute atomic E-state index is 0.279. The molecule has 19 heavy (non-hydrogen) atoms. The fraction of sp³-hybridized carbons (Fsp3) is 0.286. The monoisotopic (exact) mass is 272 g/mol. The lowest BCUT2D eigenvalue weighted by atomic mass is 10.0. The highest BCUT2D eigenvalue weighted by Gasteiger charge is 2.16. The van der Waals surface area contributed by atoms with E-state index in [9.17, 15) is 0 Å². The van der Waals surface area contributed by atoms with Crippen molar-refractivity contribution in [3.05, 3.63) is 52.7 Å². The third-order valence-corrected chi connectivity index (χ3v) is 3.93. The van der Waals surface area contributed by atoms with Gasteiger partial charge < -0.3 is 5.32 Å². The van der Waals surface area contributed by atoms with Gasteiger partial charge in [0.2, 0.25) is 0 Å². The number of hydrogen-bond donors (Lipinski definition) is 1. The summed E-state index contributed by atoms with van der Waals surface area (Å²) in [5, 5.41) is 12.3. The largest absolute Gasteiger partial charge is 0.310 e. The SMILES string of the molecule is CCNC(Cc1ccsc1)c1cnn2ccncc12. The Hall–Kier alpha value is -1.72. The Morgan fingerprint density at radius 2 is 2.37 bits per heavy atom. The van der Waals surface area contributed by atoms with Gasteiger partial charge in [0.25, 0.3) is 0 Å². The molecule has 0 aliphatic heterocycles. The van der Waals surface area contributed by atoms with E-state index in [4.69, 9.17) is 0 Å². The third kappa shape index (κ3) is 2.52. The van der Waals surface area contributed by atoms with Crippen LogP contribution in [0.5, 0.6) is 0 Å². The Bertz CT molecular complexity index is 644. The standard InChI is InChI=1S/C14H16N4S/c1-2-16-13(7-11-3-6-19-10-11)12-8-17-18-5-4-15-9-14(12)18/h3-6,8-10,13,16H,2,7H2,1H3. The van der Waals surface area contributed by atoms with E-state index in [1.54, 1.807) is 17.5 Å². The maximum absolute atomic E-state index is 4.39. The first-order chi connectivity index (χ1) is 9.38. The summed E-state index contributed by atoms with van der Waals surface area (Å²) in [7, 11) is 0. The van der Waals surface area contributed by atoms with E-state index >= 15 is 0 Å². The molecule has 0 bridgehead atoms. The molecular formula is C14H16N4S. The molecule has 98 valence electrons. The van der Waals surface area contributed by atoms with Crippen molar-refractivity contribution in [2.45, 2.75) is 19.4 Å². The highest BCUT2D eigenvalue weighted by molar-refractivity contribution is 7.07. The van der Waals surface area contributed by atoms with Gasteiger partial charge in [0, 0.05) is 24.0 Å². The molecule has 0 amide bonds. The summed E-state index contributed by atoms with van der Waals surface area (Å²) in [6, 6.07) is 2.46. The molecule has 0 aliphatic carbocycles. The Morgan fingerprint density at radius 3 is 3.16 bits per heavy atom. The molecule has 0 radical (unpaired) electrons.